The zero-order valence-corrected chi connectivity index (χ0v) is 24.5. The molecule has 5 rings (SSSR count). The van der Waals surface area contributed by atoms with Crippen molar-refractivity contribution in [2.75, 3.05) is 13.1 Å². The first kappa shape index (κ1) is 30.2. The molecule has 10 nitrogen and oxygen atoms in total. The van der Waals surface area contributed by atoms with E-state index in [1.54, 1.807) is 47.6 Å². The average molecular weight is 609 g/mol. The minimum absolute atomic E-state index is 0.0617. The summed E-state index contributed by atoms with van der Waals surface area (Å²) in [5.74, 6) is -2.27. The maximum atomic E-state index is 15.2. The second kappa shape index (κ2) is 12.5. The lowest BCUT2D eigenvalue weighted by atomic mass is 9.82. The molecule has 0 aliphatic carbocycles. The van der Waals surface area contributed by atoms with Gasteiger partial charge in [0.1, 0.15) is 23.8 Å². The van der Waals surface area contributed by atoms with Gasteiger partial charge in [-0.15, -0.1) is 16.0 Å². The molecule has 43 heavy (non-hydrogen) atoms. The Morgan fingerprint density at radius 1 is 1.30 bits per heavy atom. The van der Waals surface area contributed by atoms with E-state index in [1.807, 2.05) is 5.38 Å². The van der Waals surface area contributed by atoms with Crippen molar-refractivity contribution in [3.05, 3.63) is 88.3 Å². The van der Waals surface area contributed by atoms with Crippen LogP contribution >= 0.6 is 11.3 Å². The lowest BCUT2D eigenvalue weighted by Gasteiger charge is -2.32. The van der Waals surface area contributed by atoms with Crippen LogP contribution in [0.15, 0.2) is 60.5 Å². The number of nitrogens with zero attached hydrogens (tertiary/aromatic N) is 6. The van der Waals surface area contributed by atoms with E-state index in [-0.39, 0.29) is 18.2 Å². The molecule has 3 N–H and O–H groups in total. The van der Waals surface area contributed by atoms with E-state index in [9.17, 15) is 14.3 Å². The van der Waals surface area contributed by atoms with Crippen LogP contribution in [0.3, 0.4) is 0 Å². The molecule has 1 fully saturated rings. The number of carbonyl (C=O) groups is 1. The molecule has 3 heterocycles. The molecule has 0 radical (unpaired) electrons. The maximum Gasteiger partial charge on any atom is 0.412 e. The number of aliphatic hydroxyl groups is 1. The van der Waals surface area contributed by atoms with E-state index < -0.39 is 35.5 Å². The first-order valence-electron chi connectivity index (χ1n) is 13.9. The molecule has 2 aromatic heterocycles. The summed E-state index contributed by atoms with van der Waals surface area (Å²) in [6.45, 7) is 4.05. The van der Waals surface area contributed by atoms with Gasteiger partial charge in [-0.05, 0) is 43.2 Å². The Balaban J connectivity index is 1.41. The molecule has 224 valence electrons. The monoisotopic (exact) mass is 608 g/mol. The van der Waals surface area contributed by atoms with Gasteiger partial charge in [-0.2, -0.15) is 9.83 Å². The van der Waals surface area contributed by atoms with E-state index in [1.165, 1.54) is 28.7 Å². The topological polar surface area (TPSA) is 134 Å². The Kier molecular flexibility index (Phi) is 8.82. The smallest absolute Gasteiger partial charge is 0.412 e. The third-order valence-corrected chi connectivity index (χ3v) is 8.92. The molecule has 0 saturated carbocycles. The van der Waals surface area contributed by atoms with E-state index in [0.717, 1.165) is 36.6 Å². The van der Waals surface area contributed by atoms with E-state index >= 15 is 4.39 Å². The van der Waals surface area contributed by atoms with Crippen molar-refractivity contribution in [3.63, 3.8) is 0 Å². The summed E-state index contributed by atoms with van der Waals surface area (Å²) < 4.78 is 38.1. The van der Waals surface area contributed by atoms with Gasteiger partial charge in [0, 0.05) is 53.6 Å². The molecule has 13 heteroatoms. The highest BCUT2D eigenvalue weighted by Gasteiger charge is 2.43. The number of benzene rings is 2. The van der Waals surface area contributed by atoms with Gasteiger partial charge in [0.2, 0.25) is 12.6 Å². The Morgan fingerprint density at radius 2 is 2.07 bits per heavy atom. The molecular formula is C30H32F2N7O3S+. The summed E-state index contributed by atoms with van der Waals surface area (Å²) in [6, 6.07) is 11.9. The van der Waals surface area contributed by atoms with Gasteiger partial charge in [0.25, 0.3) is 6.33 Å². The number of hydrogen-bond acceptors (Lipinski definition) is 8. The van der Waals surface area contributed by atoms with Crippen LogP contribution in [0.25, 0.3) is 11.3 Å². The van der Waals surface area contributed by atoms with Crippen molar-refractivity contribution in [2.45, 2.75) is 57.0 Å². The Morgan fingerprint density at radius 3 is 2.79 bits per heavy atom. The quantitative estimate of drug-likeness (QED) is 0.272. The summed E-state index contributed by atoms with van der Waals surface area (Å²) in [4.78, 5) is 19.1. The van der Waals surface area contributed by atoms with Gasteiger partial charge in [-0.1, -0.05) is 19.1 Å². The molecule has 1 saturated heterocycles. The van der Waals surface area contributed by atoms with Crippen LogP contribution in [0.5, 0.6) is 0 Å². The van der Waals surface area contributed by atoms with E-state index in [4.69, 9.17) is 20.7 Å². The zero-order valence-electron chi connectivity index (χ0n) is 23.7. The fourth-order valence-electron chi connectivity index (χ4n) is 5.27. The minimum atomic E-state index is -1.97. The van der Waals surface area contributed by atoms with Gasteiger partial charge in [0.05, 0.1) is 22.3 Å². The zero-order chi connectivity index (χ0) is 30.7. The van der Waals surface area contributed by atoms with Gasteiger partial charge in [0.15, 0.2) is 0 Å². The number of amides is 1. The summed E-state index contributed by atoms with van der Waals surface area (Å²) in [7, 11) is 0. The van der Waals surface area contributed by atoms with Crippen LogP contribution in [0.4, 0.5) is 13.6 Å². The molecule has 1 aliphatic rings. The Hall–Kier alpha value is -4.25. The van der Waals surface area contributed by atoms with E-state index in [2.05, 4.69) is 11.2 Å². The molecule has 4 unspecified atom stereocenters. The predicted octanol–water partition coefficient (Wildman–Crippen LogP) is 4.21. The number of nitriles is 1. The van der Waals surface area contributed by atoms with E-state index in [0.29, 0.717) is 29.4 Å². The highest BCUT2D eigenvalue weighted by Crippen LogP contribution is 2.41. The standard InChI is InChI=1S/C30H32F2N7O3S/c1-19(28-36-27(15-43-28)22-7-5-21(13-33)6-8-22)30(41,25-12-23(31)9-10-26(25)32)16-38-18-37(17-35-38)20(2)42-29(40)39-11-3-4-24(39)14-34/h5-10,12,15,17-20,24,41H,3-4,11,14,16,34H2,1-2H3/q+1. The number of rotatable bonds is 9. The highest BCUT2D eigenvalue weighted by molar-refractivity contribution is 7.10. The van der Waals surface area contributed by atoms with Crippen LogP contribution in [-0.4, -0.2) is 50.0 Å². The molecule has 1 aliphatic heterocycles. The number of aromatic nitrogens is 4. The highest BCUT2D eigenvalue weighted by atomic mass is 32.1. The van der Waals surface area contributed by atoms with Crippen molar-refractivity contribution in [3.8, 4) is 17.3 Å². The number of thiazole rings is 1. The molecule has 0 spiro atoms. The molecular weight excluding hydrogens is 576 g/mol. The van der Waals surface area contributed by atoms with Gasteiger partial charge < -0.3 is 20.5 Å². The largest absolute Gasteiger partial charge is 0.412 e. The van der Waals surface area contributed by atoms with Crippen molar-refractivity contribution < 1.29 is 28.0 Å². The van der Waals surface area contributed by atoms with Crippen LogP contribution < -0.4 is 10.3 Å². The average Bonchev–Trinajstić information content (AvgIpc) is 3.79. The molecule has 1 amide bonds. The van der Waals surface area contributed by atoms with Crippen molar-refractivity contribution in [1.29, 1.82) is 5.26 Å². The first-order valence-corrected chi connectivity index (χ1v) is 14.7. The van der Waals surface area contributed by atoms with Gasteiger partial charge >= 0.3 is 6.09 Å². The molecule has 4 aromatic rings. The Labute approximate surface area is 251 Å². The summed E-state index contributed by atoms with van der Waals surface area (Å²) >= 11 is 1.28. The normalized spacial score (nSPS) is 17.7. The Bertz CT molecular complexity index is 1640. The lowest BCUT2D eigenvalue weighted by Crippen LogP contribution is -2.45. The van der Waals surface area contributed by atoms with Gasteiger partial charge in [-0.3, -0.25) is 0 Å². The third-order valence-electron chi connectivity index (χ3n) is 7.89. The SMILES string of the molecule is CC(OC(=O)N1CCCC1CN)[n+]1cnn(CC(O)(c2cc(F)ccc2F)C(C)c2nc(-c3ccc(C#N)cc3)cs2)c1. The second-order valence-corrected chi connectivity index (χ2v) is 11.5. The van der Waals surface area contributed by atoms with Crippen LogP contribution in [0.2, 0.25) is 0 Å². The molecule has 4 atom stereocenters. The fourth-order valence-corrected chi connectivity index (χ4v) is 6.25. The van der Waals surface area contributed by atoms with Crippen LogP contribution in [0.1, 0.15) is 55.0 Å². The molecule has 2 aromatic carbocycles. The van der Waals surface area contributed by atoms with Crippen molar-refractivity contribution in [1.82, 2.24) is 19.7 Å². The summed E-state index contributed by atoms with van der Waals surface area (Å²) in [6.07, 6.45) is 3.44. The number of nitrogens with two attached hydrogens (primary N) is 1. The number of carbonyl (C=O) groups excluding carboxylic acids is 1. The minimum Gasteiger partial charge on any atom is -0.412 e. The lowest BCUT2D eigenvalue weighted by molar-refractivity contribution is -0.753. The van der Waals surface area contributed by atoms with Gasteiger partial charge in [-0.25, -0.2) is 18.6 Å². The maximum absolute atomic E-state index is 15.2. The number of hydrogen-bond donors (Lipinski definition) is 2. The summed E-state index contributed by atoms with van der Waals surface area (Å²) in [5, 5.41) is 27.9. The van der Waals surface area contributed by atoms with Crippen molar-refractivity contribution in [2.24, 2.45) is 5.73 Å². The fraction of sp³-hybridized carbons (Fsp3) is 0.367. The summed E-state index contributed by atoms with van der Waals surface area (Å²) in [5.41, 5.74) is 5.49. The van der Waals surface area contributed by atoms with Crippen molar-refractivity contribution >= 4 is 17.4 Å². The molecule has 0 bridgehead atoms. The van der Waals surface area contributed by atoms with Crippen LogP contribution in [0, 0.1) is 23.0 Å². The third kappa shape index (κ3) is 6.27. The first-order chi connectivity index (χ1) is 20.6. The van der Waals surface area contributed by atoms with Crippen LogP contribution in [-0.2, 0) is 16.9 Å². The number of halogens is 2. The second-order valence-electron chi connectivity index (χ2n) is 10.6. The predicted molar refractivity (Wildman–Crippen MR) is 153 cm³/mol. The number of likely N-dealkylation sites (tertiary alicyclic amines) is 1. The number of ether oxygens (including phenoxy) is 1.